The van der Waals surface area contributed by atoms with Crippen LogP contribution in [-0.2, 0) is 11.2 Å². The maximum atomic E-state index is 10.4. The molecule has 1 heterocycles. The summed E-state index contributed by atoms with van der Waals surface area (Å²) in [4.78, 5) is 12.7. The van der Waals surface area contributed by atoms with Gasteiger partial charge in [0.05, 0.1) is 6.42 Å². The van der Waals surface area contributed by atoms with Gasteiger partial charge in [-0.05, 0) is 24.1 Å². The highest BCUT2D eigenvalue weighted by molar-refractivity contribution is 5.70. The van der Waals surface area contributed by atoms with Gasteiger partial charge in [-0.15, -0.1) is 0 Å². The number of benzene rings is 1. The first-order valence-electron chi connectivity index (χ1n) is 4.81. The van der Waals surface area contributed by atoms with Gasteiger partial charge in [-0.2, -0.15) is 0 Å². The lowest BCUT2D eigenvalue weighted by Crippen LogP contribution is -2.36. The zero-order valence-electron chi connectivity index (χ0n) is 7.94. The molecule has 1 N–H and O–H groups in total. The van der Waals surface area contributed by atoms with E-state index in [-0.39, 0.29) is 6.42 Å². The van der Waals surface area contributed by atoms with Crippen molar-refractivity contribution in [3.63, 3.8) is 0 Å². The molecule has 1 aromatic carbocycles. The number of aliphatic carboxylic acids is 1. The molecule has 1 aliphatic heterocycles. The summed E-state index contributed by atoms with van der Waals surface area (Å²) in [6.07, 6.45) is 1.37. The van der Waals surface area contributed by atoms with Gasteiger partial charge in [-0.25, -0.2) is 0 Å². The Morgan fingerprint density at radius 3 is 2.36 bits per heavy atom. The smallest absolute Gasteiger partial charge is 0.307 e. The Morgan fingerprint density at radius 2 is 1.93 bits per heavy atom. The number of hydrogen-bond acceptors (Lipinski definition) is 2. The molecule has 0 unspecified atom stereocenters. The van der Waals surface area contributed by atoms with Gasteiger partial charge in [0.1, 0.15) is 0 Å². The predicted octanol–water partition coefficient (Wildman–Crippen LogP) is 1.52. The van der Waals surface area contributed by atoms with Crippen LogP contribution in [0.15, 0.2) is 24.3 Å². The first-order valence-corrected chi connectivity index (χ1v) is 4.81. The van der Waals surface area contributed by atoms with Crippen molar-refractivity contribution in [2.45, 2.75) is 12.8 Å². The van der Waals surface area contributed by atoms with Crippen LogP contribution in [0.25, 0.3) is 0 Å². The van der Waals surface area contributed by atoms with E-state index in [1.807, 2.05) is 24.3 Å². The molecule has 1 aliphatic rings. The van der Waals surface area contributed by atoms with Crippen LogP contribution < -0.4 is 4.90 Å². The molecule has 0 atom stereocenters. The highest BCUT2D eigenvalue weighted by Crippen LogP contribution is 2.20. The molecule has 0 bridgehead atoms. The average molecular weight is 191 g/mol. The molecule has 14 heavy (non-hydrogen) atoms. The van der Waals surface area contributed by atoms with Crippen molar-refractivity contribution >= 4 is 11.7 Å². The molecule has 1 aromatic rings. The number of anilines is 1. The summed E-state index contributed by atoms with van der Waals surface area (Å²) in [7, 11) is 0. The lowest BCUT2D eigenvalue weighted by atomic mass is 10.1. The van der Waals surface area contributed by atoms with Crippen molar-refractivity contribution < 1.29 is 9.90 Å². The first kappa shape index (κ1) is 9.06. The van der Waals surface area contributed by atoms with Crippen LogP contribution in [0.3, 0.4) is 0 Å². The van der Waals surface area contributed by atoms with Crippen LogP contribution in [0.1, 0.15) is 12.0 Å². The molecule has 74 valence electrons. The van der Waals surface area contributed by atoms with Crippen LogP contribution in [0.4, 0.5) is 5.69 Å². The van der Waals surface area contributed by atoms with E-state index in [2.05, 4.69) is 4.90 Å². The quantitative estimate of drug-likeness (QED) is 0.787. The first-order chi connectivity index (χ1) is 6.75. The van der Waals surface area contributed by atoms with E-state index in [9.17, 15) is 4.79 Å². The van der Waals surface area contributed by atoms with Crippen molar-refractivity contribution in [3.8, 4) is 0 Å². The Morgan fingerprint density at radius 1 is 1.29 bits per heavy atom. The standard InChI is InChI=1S/C11H13NO2/c13-11(14)8-9-2-4-10(5-3-9)12-6-1-7-12/h2-5H,1,6-8H2,(H,13,14). The maximum Gasteiger partial charge on any atom is 0.307 e. The highest BCUT2D eigenvalue weighted by atomic mass is 16.4. The predicted molar refractivity (Wildman–Crippen MR) is 54.6 cm³/mol. The zero-order chi connectivity index (χ0) is 9.97. The van der Waals surface area contributed by atoms with Gasteiger partial charge in [-0.3, -0.25) is 4.79 Å². The molecule has 3 nitrogen and oxygen atoms in total. The van der Waals surface area contributed by atoms with Crippen molar-refractivity contribution in [3.05, 3.63) is 29.8 Å². The summed E-state index contributed by atoms with van der Waals surface area (Å²) in [6, 6.07) is 7.78. The van der Waals surface area contributed by atoms with Crippen LogP contribution in [0.5, 0.6) is 0 Å². The molecule has 0 radical (unpaired) electrons. The van der Waals surface area contributed by atoms with Gasteiger partial charge < -0.3 is 10.0 Å². The lowest BCUT2D eigenvalue weighted by molar-refractivity contribution is -0.136. The third-order valence-corrected chi connectivity index (χ3v) is 2.51. The second-order valence-electron chi connectivity index (χ2n) is 3.58. The van der Waals surface area contributed by atoms with E-state index >= 15 is 0 Å². The minimum atomic E-state index is -0.776. The minimum absolute atomic E-state index is 0.111. The summed E-state index contributed by atoms with van der Waals surface area (Å²) in [5, 5.41) is 8.59. The Labute approximate surface area is 83.0 Å². The van der Waals surface area contributed by atoms with Crippen molar-refractivity contribution in [1.82, 2.24) is 0 Å². The highest BCUT2D eigenvalue weighted by Gasteiger charge is 2.13. The zero-order valence-corrected chi connectivity index (χ0v) is 7.94. The molecule has 0 saturated carbocycles. The van der Waals surface area contributed by atoms with Gasteiger partial charge in [0.25, 0.3) is 0 Å². The van der Waals surface area contributed by atoms with E-state index in [1.54, 1.807) is 0 Å². The van der Waals surface area contributed by atoms with Gasteiger partial charge in [0.2, 0.25) is 0 Å². The third-order valence-electron chi connectivity index (χ3n) is 2.51. The van der Waals surface area contributed by atoms with Crippen LogP contribution >= 0.6 is 0 Å². The Hall–Kier alpha value is -1.51. The molecule has 0 spiro atoms. The number of carboxylic acids is 1. The average Bonchev–Trinajstić information content (AvgIpc) is 2.04. The molecular formula is C11H13NO2. The Balaban J connectivity index is 2.05. The van der Waals surface area contributed by atoms with Crippen LogP contribution in [0.2, 0.25) is 0 Å². The van der Waals surface area contributed by atoms with E-state index in [4.69, 9.17) is 5.11 Å². The van der Waals surface area contributed by atoms with Gasteiger partial charge in [-0.1, -0.05) is 12.1 Å². The van der Waals surface area contributed by atoms with Crippen molar-refractivity contribution in [2.75, 3.05) is 18.0 Å². The lowest BCUT2D eigenvalue weighted by Gasteiger charge is -2.33. The second kappa shape index (κ2) is 3.70. The van der Waals surface area contributed by atoms with Crippen molar-refractivity contribution in [1.29, 1.82) is 0 Å². The van der Waals surface area contributed by atoms with E-state index in [0.29, 0.717) is 0 Å². The number of nitrogens with zero attached hydrogens (tertiary/aromatic N) is 1. The summed E-state index contributed by atoms with van der Waals surface area (Å²) in [5.74, 6) is -0.776. The summed E-state index contributed by atoms with van der Waals surface area (Å²) < 4.78 is 0. The van der Waals surface area contributed by atoms with Gasteiger partial charge in [0.15, 0.2) is 0 Å². The molecule has 0 amide bonds. The van der Waals surface area contributed by atoms with Crippen LogP contribution in [-0.4, -0.2) is 24.2 Å². The molecule has 3 heteroatoms. The third kappa shape index (κ3) is 1.87. The number of carbonyl (C=O) groups is 1. The van der Waals surface area contributed by atoms with Crippen molar-refractivity contribution in [2.24, 2.45) is 0 Å². The topological polar surface area (TPSA) is 40.5 Å². The number of hydrogen-bond donors (Lipinski definition) is 1. The van der Waals surface area contributed by atoms with Gasteiger partial charge >= 0.3 is 5.97 Å². The van der Waals surface area contributed by atoms with E-state index in [0.717, 1.165) is 18.7 Å². The van der Waals surface area contributed by atoms with Gasteiger partial charge in [0, 0.05) is 18.8 Å². The molecule has 2 rings (SSSR count). The molecule has 0 aliphatic carbocycles. The summed E-state index contributed by atoms with van der Waals surface area (Å²) in [5.41, 5.74) is 2.06. The fraction of sp³-hybridized carbons (Fsp3) is 0.364. The number of carboxylic acid groups (broad SMARTS) is 1. The largest absolute Gasteiger partial charge is 0.481 e. The summed E-state index contributed by atoms with van der Waals surface area (Å²) >= 11 is 0. The maximum absolute atomic E-state index is 10.4. The number of rotatable bonds is 3. The SMILES string of the molecule is O=C(O)Cc1ccc(N2CCC2)cc1. The Kier molecular flexibility index (Phi) is 2.39. The van der Waals surface area contributed by atoms with Crippen LogP contribution in [0, 0.1) is 0 Å². The van der Waals surface area contributed by atoms with E-state index < -0.39 is 5.97 Å². The Bertz CT molecular complexity index is 328. The molecule has 0 aromatic heterocycles. The minimum Gasteiger partial charge on any atom is -0.481 e. The second-order valence-corrected chi connectivity index (χ2v) is 3.58. The monoisotopic (exact) mass is 191 g/mol. The fourth-order valence-electron chi connectivity index (χ4n) is 1.57. The normalized spacial score (nSPS) is 15.0. The summed E-state index contributed by atoms with van der Waals surface area (Å²) in [6.45, 7) is 2.25. The fourth-order valence-corrected chi connectivity index (χ4v) is 1.57. The molecule has 1 fully saturated rings. The van der Waals surface area contributed by atoms with E-state index in [1.165, 1.54) is 12.1 Å². The molecule has 1 saturated heterocycles. The molecular weight excluding hydrogens is 178 g/mol.